The summed E-state index contributed by atoms with van der Waals surface area (Å²) in [5.41, 5.74) is 3.43. The van der Waals surface area contributed by atoms with Crippen LogP contribution >= 0.6 is 11.6 Å². The Morgan fingerprint density at radius 2 is 1.86 bits per heavy atom. The van der Waals surface area contributed by atoms with Gasteiger partial charge >= 0.3 is 0 Å². The fraction of sp³-hybridized carbons (Fsp3) is 0.294. The molecule has 0 saturated heterocycles. The molecule has 4 heteroatoms. The zero-order valence-corrected chi connectivity index (χ0v) is 12.9. The quantitative estimate of drug-likeness (QED) is 0.930. The first kappa shape index (κ1) is 14.2. The molecule has 1 aliphatic rings. The number of nitrogens with zero attached hydrogens (tertiary/aromatic N) is 1. The van der Waals surface area contributed by atoms with E-state index in [0.29, 0.717) is 0 Å². The Labute approximate surface area is 130 Å². The molecule has 2 aromatic rings. The van der Waals surface area contributed by atoms with Crippen LogP contribution in [0.5, 0.6) is 5.75 Å². The largest absolute Gasteiger partial charge is 0.489 e. The van der Waals surface area contributed by atoms with Crippen molar-refractivity contribution in [1.29, 1.82) is 0 Å². The van der Waals surface area contributed by atoms with E-state index in [-0.39, 0.29) is 0 Å². The van der Waals surface area contributed by atoms with Crippen molar-refractivity contribution >= 4 is 17.3 Å². The molecule has 3 nitrogen and oxygen atoms in total. The summed E-state index contributed by atoms with van der Waals surface area (Å²) in [6.07, 6.45) is 0. The SMILES string of the molecule is CN(Cc1ccccc1Cl)Cc1cccc2c1OCCN2. The number of ether oxygens (including phenoxy) is 1. The lowest BCUT2D eigenvalue weighted by atomic mass is 10.1. The summed E-state index contributed by atoms with van der Waals surface area (Å²) in [5, 5.41) is 4.19. The highest BCUT2D eigenvalue weighted by Crippen LogP contribution is 2.32. The lowest BCUT2D eigenvalue weighted by Gasteiger charge is -2.24. The number of para-hydroxylation sites is 1. The van der Waals surface area contributed by atoms with Crippen molar-refractivity contribution in [3.8, 4) is 5.75 Å². The molecule has 0 fully saturated rings. The molecule has 0 radical (unpaired) electrons. The van der Waals surface area contributed by atoms with E-state index in [4.69, 9.17) is 16.3 Å². The number of hydrogen-bond donors (Lipinski definition) is 1. The van der Waals surface area contributed by atoms with E-state index in [1.54, 1.807) is 0 Å². The van der Waals surface area contributed by atoms with Gasteiger partial charge in [0.25, 0.3) is 0 Å². The Hall–Kier alpha value is -1.71. The molecule has 110 valence electrons. The van der Waals surface area contributed by atoms with Crippen LogP contribution in [0.1, 0.15) is 11.1 Å². The maximum atomic E-state index is 6.23. The summed E-state index contributed by atoms with van der Waals surface area (Å²) >= 11 is 6.23. The number of rotatable bonds is 4. The average Bonchev–Trinajstić information content (AvgIpc) is 2.50. The number of halogens is 1. The average molecular weight is 303 g/mol. The maximum absolute atomic E-state index is 6.23. The van der Waals surface area contributed by atoms with Gasteiger partial charge in [-0.3, -0.25) is 4.90 Å². The summed E-state index contributed by atoms with van der Waals surface area (Å²) in [7, 11) is 2.10. The lowest BCUT2D eigenvalue weighted by Crippen LogP contribution is -2.22. The summed E-state index contributed by atoms with van der Waals surface area (Å²) in [6, 6.07) is 14.2. The number of fused-ring (bicyclic) bond motifs is 1. The molecule has 0 bridgehead atoms. The van der Waals surface area contributed by atoms with Gasteiger partial charge in [0, 0.05) is 30.2 Å². The van der Waals surface area contributed by atoms with Crippen LogP contribution in [0.25, 0.3) is 0 Å². The standard InChI is InChI=1S/C17H19ClN2O/c1-20(11-13-5-2-3-7-15(13)18)12-14-6-4-8-16-17(14)21-10-9-19-16/h2-8,19H,9-12H2,1H3. The van der Waals surface area contributed by atoms with Gasteiger partial charge < -0.3 is 10.1 Å². The van der Waals surface area contributed by atoms with Crippen LogP contribution in [0.3, 0.4) is 0 Å². The van der Waals surface area contributed by atoms with Gasteiger partial charge in [-0.25, -0.2) is 0 Å². The first-order valence-corrected chi connectivity index (χ1v) is 7.52. The minimum absolute atomic E-state index is 0.720. The molecule has 1 aliphatic heterocycles. The second-order valence-corrected chi connectivity index (χ2v) is 5.74. The molecule has 0 aliphatic carbocycles. The summed E-state index contributed by atoms with van der Waals surface area (Å²) in [6.45, 7) is 3.23. The molecule has 3 rings (SSSR count). The Bertz CT molecular complexity index is 630. The van der Waals surface area contributed by atoms with Crippen molar-refractivity contribution in [2.24, 2.45) is 0 Å². The summed E-state index contributed by atoms with van der Waals surface area (Å²) in [4.78, 5) is 2.24. The predicted octanol–water partition coefficient (Wildman–Crippen LogP) is 3.78. The minimum Gasteiger partial charge on any atom is -0.489 e. The van der Waals surface area contributed by atoms with Crippen LogP contribution in [0.2, 0.25) is 5.02 Å². The van der Waals surface area contributed by atoms with Crippen molar-refractivity contribution in [3.63, 3.8) is 0 Å². The fourth-order valence-electron chi connectivity index (χ4n) is 2.62. The third kappa shape index (κ3) is 3.31. The van der Waals surface area contributed by atoms with Crippen LogP contribution in [-0.2, 0) is 13.1 Å². The molecule has 0 saturated carbocycles. The molecule has 0 aromatic heterocycles. The van der Waals surface area contributed by atoms with Crippen molar-refractivity contribution in [2.45, 2.75) is 13.1 Å². The molecule has 1 heterocycles. The second-order valence-electron chi connectivity index (χ2n) is 5.33. The topological polar surface area (TPSA) is 24.5 Å². The Morgan fingerprint density at radius 1 is 1.10 bits per heavy atom. The van der Waals surface area contributed by atoms with E-state index in [1.807, 2.05) is 18.2 Å². The summed E-state index contributed by atoms with van der Waals surface area (Å²) < 4.78 is 5.81. The highest BCUT2D eigenvalue weighted by Gasteiger charge is 2.15. The number of anilines is 1. The van der Waals surface area contributed by atoms with Crippen LogP contribution in [0.4, 0.5) is 5.69 Å². The monoisotopic (exact) mass is 302 g/mol. The second kappa shape index (κ2) is 6.37. The van der Waals surface area contributed by atoms with E-state index in [2.05, 4.69) is 41.5 Å². The molecule has 1 N–H and O–H groups in total. The van der Waals surface area contributed by atoms with Crippen LogP contribution < -0.4 is 10.1 Å². The predicted molar refractivity (Wildman–Crippen MR) is 87.0 cm³/mol. The smallest absolute Gasteiger partial charge is 0.146 e. The highest BCUT2D eigenvalue weighted by atomic mass is 35.5. The molecular formula is C17H19ClN2O. The molecule has 0 atom stereocenters. The molecule has 2 aromatic carbocycles. The van der Waals surface area contributed by atoms with Gasteiger partial charge in [0.1, 0.15) is 12.4 Å². The number of benzene rings is 2. The lowest BCUT2D eigenvalue weighted by molar-refractivity contribution is 0.291. The minimum atomic E-state index is 0.720. The highest BCUT2D eigenvalue weighted by molar-refractivity contribution is 6.31. The number of nitrogens with one attached hydrogen (secondary N) is 1. The van der Waals surface area contributed by atoms with Crippen LogP contribution in [0.15, 0.2) is 42.5 Å². The molecule has 0 amide bonds. The molecule has 0 spiro atoms. The first-order valence-electron chi connectivity index (χ1n) is 7.14. The van der Waals surface area contributed by atoms with Crippen molar-refractivity contribution in [2.75, 3.05) is 25.5 Å². The Kier molecular flexibility index (Phi) is 4.32. The molecular weight excluding hydrogens is 284 g/mol. The first-order chi connectivity index (χ1) is 10.2. The maximum Gasteiger partial charge on any atom is 0.146 e. The third-order valence-electron chi connectivity index (χ3n) is 3.60. The fourth-order valence-corrected chi connectivity index (χ4v) is 2.82. The van der Waals surface area contributed by atoms with Gasteiger partial charge in [-0.05, 0) is 24.7 Å². The van der Waals surface area contributed by atoms with Crippen molar-refractivity contribution in [3.05, 3.63) is 58.6 Å². The van der Waals surface area contributed by atoms with Gasteiger partial charge in [-0.15, -0.1) is 0 Å². The van der Waals surface area contributed by atoms with Crippen LogP contribution in [0, 0.1) is 0 Å². The normalized spacial score (nSPS) is 13.5. The van der Waals surface area contributed by atoms with Crippen molar-refractivity contribution < 1.29 is 4.74 Å². The van der Waals surface area contributed by atoms with Gasteiger partial charge in [-0.1, -0.05) is 41.9 Å². The van der Waals surface area contributed by atoms with E-state index in [1.165, 1.54) is 5.56 Å². The Balaban J connectivity index is 1.73. The molecule has 0 unspecified atom stereocenters. The van der Waals surface area contributed by atoms with E-state index in [0.717, 1.165) is 48.3 Å². The van der Waals surface area contributed by atoms with Crippen molar-refractivity contribution in [1.82, 2.24) is 4.90 Å². The third-order valence-corrected chi connectivity index (χ3v) is 3.97. The van der Waals surface area contributed by atoms with E-state index >= 15 is 0 Å². The number of hydrogen-bond acceptors (Lipinski definition) is 3. The van der Waals surface area contributed by atoms with Crippen LogP contribution in [-0.4, -0.2) is 25.1 Å². The summed E-state index contributed by atoms with van der Waals surface area (Å²) in [5.74, 6) is 0.981. The van der Waals surface area contributed by atoms with E-state index in [9.17, 15) is 0 Å². The zero-order valence-electron chi connectivity index (χ0n) is 12.1. The van der Waals surface area contributed by atoms with E-state index < -0.39 is 0 Å². The zero-order chi connectivity index (χ0) is 14.7. The molecule has 21 heavy (non-hydrogen) atoms. The van der Waals surface area contributed by atoms with Gasteiger partial charge in [0.15, 0.2) is 0 Å². The Morgan fingerprint density at radius 3 is 2.71 bits per heavy atom. The van der Waals surface area contributed by atoms with Gasteiger partial charge in [0.05, 0.1) is 5.69 Å². The van der Waals surface area contributed by atoms with Gasteiger partial charge in [0.2, 0.25) is 0 Å². The van der Waals surface area contributed by atoms with Gasteiger partial charge in [-0.2, -0.15) is 0 Å².